The van der Waals surface area contributed by atoms with E-state index >= 15 is 0 Å². The van der Waals surface area contributed by atoms with Crippen LogP contribution in [-0.2, 0) is 24.1 Å². The molecule has 6 nitrogen and oxygen atoms in total. The van der Waals surface area contributed by atoms with Crippen LogP contribution in [0.3, 0.4) is 0 Å². The Morgan fingerprint density at radius 2 is 1.61 bits per heavy atom. The van der Waals surface area contributed by atoms with Crippen molar-refractivity contribution in [3.05, 3.63) is 82.6 Å². The van der Waals surface area contributed by atoms with Gasteiger partial charge < -0.3 is 24.3 Å². The highest BCUT2D eigenvalue weighted by molar-refractivity contribution is 5.96. The molecular formula is C27H34N2O4. The lowest BCUT2D eigenvalue weighted by Gasteiger charge is -2.02. The van der Waals surface area contributed by atoms with Crippen LogP contribution >= 0.6 is 0 Å². The van der Waals surface area contributed by atoms with E-state index in [9.17, 15) is 4.79 Å². The molecule has 0 spiro atoms. The summed E-state index contributed by atoms with van der Waals surface area (Å²) < 4.78 is 16.4. The van der Waals surface area contributed by atoms with Crippen LogP contribution in [0.25, 0.3) is 12.2 Å². The molecule has 3 heterocycles. The fourth-order valence-electron chi connectivity index (χ4n) is 3.62. The molecule has 0 bridgehead atoms. The van der Waals surface area contributed by atoms with Crippen molar-refractivity contribution in [2.24, 2.45) is 5.73 Å². The Morgan fingerprint density at radius 1 is 0.939 bits per heavy atom. The third-order valence-corrected chi connectivity index (χ3v) is 5.43. The maximum Gasteiger partial charge on any atom is 0.247 e. The van der Waals surface area contributed by atoms with Crippen molar-refractivity contribution in [1.29, 1.82) is 0 Å². The molecule has 0 aromatic carbocycles. The summed E-state index contributed by atoms with van der Waals surface area (Å²) in [4.78, 5) is 11.9. The molecular weight excluding hydrogens is 416 g/mol. The fraction of sp³-hybridized carbons (Fsp3) is 0.370. The normalized spacial score (nSPS) is 12.3. The van der Waals surface area contributed by atoms with Crippen molar-refractivity contribution in [2.45, 2.75) is 52.4 Å². The van der Waals surface area contributed by atoms with E-state index in [1.54, 1.807) is 31.8 Å². The summed E-state index contributed by atoms with van der Waals surface area (Å²) in [6.45, 7) is 4.78. The first-order chi connectivity index (χ1) is 16.0. The third-order valence-electron chi connectivity index (χ3n) is 5.43. The molecule has 0 fully saturated rings. The van der Waals surface area contributed by atoms with Crippen molar-refractivity contribution in [3.63, 3.8) is 0 Å². The number of amides is 1. The van der Waals surface area contributed by atoms with E-state index < -0.39 is 0 Å². The SMILES string of the molecule is C/C(=C\c1cc(CCCc2ccoc2)co1)CCCc1coc(/C=C(\C)C(=O)NCCN)c1. The van der Waals surface area contributed by atoms with Crippen LogP contribution in [0, 0.1) is 0 Å². The maximum absolute atomic E-state index is 11.9. The molecule has 33 heavy (non-hydrogen) atoms. The summed E-state index contributed by atoms with van der Waals surface area (Å²) in [5, 5.41) is 2.75. The van der Waals surface area contributed by atoms with Crippen LogP contribution in [0.4, 0.5) is 0 Å². The molecule has 0 aliphatic rings. The van der Waals surface area contributed by atoms with E-state index in [0.717, 1.165) is 49.8 Å². The molecule has 1 amide bonds. The average molecular weight is 451 g/mol. The molecule has 3 N–H and O–H groups in total. The van der Waals surface area contributed by atoms with Crippen LogP contribution in [-0.4, -0.2) is 19.0 Å². The second-order valence-corrected chi connectivity index (χ2v) is 8.42. The number of allylic oxidation sites excluding steroid dienone is 1. The van der Waals surface area contributed by atoms with Gasteiger partial charge in [-0.05, 0) is 99.4 Å². The molecule has 176 valence electrons. The van der Waals surface area contributed by atoms with Gasteiger partial charge in [0.1, 0.15) is 11.5 Å². The summed E-state index contributed by atoms with van der Waals surface area (Å²) in [6, 6.07) is 6.12. The van der Waals surface area contributed by atoms with Gasteiger partial charge in [0, 0.05) is 18.7 Å². The van der Waals surface area contributed by atoms with Crippen molar-refractivity contribution >= 4 is 18.1 Å². The lowest BCUT2D eigenvalue weighted by atomic mass is 10.1. The van der Waals surface area contributed by atoms with E-state index in [2.05, 4.69) is 24.4 Å². The molecule has 6 heteroatoms. The highest BCUT2D eigenvalue weighted by atomic mass is 16.3. The van der Waals surface area contributed by atoms with E-state index in [0.29, 0.717) is 24.4 Å². The van der Waals surface area contributed by atoms with Crippen LogP contribution in [0.15, 0.2) is 67.6 Å². The first kappa shape index (κ1) is 24.4. The van der Waals surface area contributed by atoms with Crippen molar-refractivity contribution in [3.8, 4) is 0 Å². The molecule has 0 saturated carbocycles. The van der Waals surface area contributed by atoms with Gasteiger partial charge in [0.05, 0.1) is 25.1 Å². The summed E-state index contributed by atoms with van der Waals surface area (Å²) in [5.41, 5.74) is 10.9. The van der Waals surface area contributed by atoms with Crippen molar-refractivity contribution in [1.82, 2.24) is 5.32 Å². The Kier molecular flexibility index (Phi) is 9.39. The minimum absolute atomic E-state index is 0.127. The first-order valence-corrected chi connectivity index (χ1v) is 11.5. The standard InChI is InChI=1S/C27H34N2O4/c1-20(13-25-15-24(18-32-25)8-4-6-22-9-12-31-17-22)5-3-7-23-16-26(33-19-23)14-21(2)27(30)29-11-10-28/h9,12-19H,3-8,10-11,28H2,1-2H3,(H,29,30)/b20-13+,21-14+. The lowest BCUT2D eigenvalue weighted by Crippen LogP contribution is -2.29. The van der Waals surface area contributed by atoms with Gasteiger partial charge >= 0.3 is 0 Å². The molecule has 0 atom stereocenters. The zero-order chi connectivity index (χ0) is 23.5. The molecule has 3 aromatic rings. The Bertz CT molecular complexity index is 1050. The Morgan fingerprint density at radius 3 is 2.27 bits per heavy atom. The van der Waals surface area contributed by atoms with E-state index in [1.807, 2.05) is 18.4 Å². The van der Waals surface area contributed by atoms with E-state index in [-0.39, 0.29) is 5.91 Å². The zero-order valence-electron chi connectivity index (χ0n) is 19.6. The van der Waals surface area contributed by atoms with Gasteiger partial charge in [-0.3, -0.25) is 4.79 Å². The minimum Gasteiger partial charge on any atom is -0.472 e. The molecule has 0 saturated heterocycles. The zero-order valence-corrected chi connectivity index (χ0v) is 19.6. The maximum atomic E-state index is 11.9. The number of carbonyl (C=O) groups excluding carboxylic acids is 1. The monoisotopic (exact) mass is 450 g/mol. The molecule has 0 radical (unpaired) electrons. The summed E-state index contributed by atoms with van der Waals surface area (Å²) >= 11 is 0. The van der Waals surface area contributed by atoms with Gasteiger partial charge in [-0.1, -0.05) is 5.57 Å². The topological polar surface area (TPSA) is 94.5 Å². The Balaban J connectivity index is 1.41. The average Bonchev–Trinajstić information content (AvgIpc) is 3.55. The number of aryl methyl sites for hydroxylation is 3. The molecule has 0 aliphatic carbocycles. The smallest absolute Gasteiger partial charge is 0.247 e. The highest BCUT2D eigenvalue weighted by Gasteiger charge is 2.06. The van der Waals surface area contributed by atoms with Gasteiger partial charge in [0.15, 0.2) is 0 Å². The number of nitrogens with one attached hydrogen (secondary N) is 1. The largest absolute Gasteiger partial charge is 0.472 e. The van der Waals surface area contributed by atoms with E-state index in [1.165, 1.54) is 16.7 Å². The number of furan rings is 3. The third kappa shape index (κ3) is 8.31. The summed E-state index contributed by atoms with van der Waals surface area (Å²) in [6.07, 6.45) is 17.0. The number of carbonyl (C=O) groups is 1. The molecule has 0 aliphatic heterocycles. The number of hydrogen-bond donors (Lipinski definition) is 2. The van der Waals surface area contributed by atoms with Gasteiger partial charge in [0.2, 0.25) is 5.91 Å². The van der Waals surface area contributed by atoms with Gasteiger partial charge in [-0.15, -0.1) is 0 Å². The van der Waals surface area contributed by atoms with Crippen LogP contribution in [0.5, 0.6) is 0 Å². The number of rotatable bonds is 13. The second kappa shape index (κ2) is 12.7. The Hall–Kier alpha value is -3.25. The minimum atomic E-state index is -0.127. The molecule has 3 rings (SSSR count). The van der Waals surface area contributed by atoms with Gasteiger partial charge in [0.25, 0.3) is 0 Å². The lowest BCUT2D eigenvalue weighted by molar-refractivity contribution is -0.117. The first-order valence-electron chi connectivity index (χ1n) is 11.5. The molecule has 0 unspecified atom stereocenters. The summed E-state index contributed by atoms with van der Waals surface area (Å²) in [5.74, 6) is 1.47. The van der Waals surface area contributed by atoms with E-state index in [4.69, 9.17) is 19.0 Å². The Labute approximate surface area is 195 Å². The fourth-order valence-corrected chi connectivity index (χ4v) is 3.62. The predicted molar refractivity (Wildman–Crippen MR) is 130 cm³/mol. The quantitative estimate of drug-likeness (QED) is 0.333. The highest BCUT2D eigenvalue weighted by Crippen LogP contribution is 2.19. The van der Waals surface area contributed by atoms with Crippen molar-refractivity contribution in [2.75, 3.05) is 13.1 Å². The van der Waals surface area contributed by atoms with Gasteiger partial charge in [-0.25, -0.2) is 0 Å². The van der Waals surface area contributed by atoms with Crippen molar-refractivity contribution < 1.29 is 18.0 Å². The molecule has 3 aromatic heterocycles. The number of nitrogens with two attached hydrogens (primary N) is 1. The van der Waals surface area contributed by atoms with Crippen LogP contribution in [0.2, 0.25) is 0 Å². The number of hydrogen-bond acceptors (Lipinski definition) is 5. The summed E-state index contributed by atoms with van der Waals surface area (Å²) in [7, 11) is 0. The van der Waals surface area contributed by atoms with Crippen LogP contribution in [0.1, 0.15) is 61.3 Å². The second-order valence-electron chi connectivity index (χ2n) is 8.42. The predicted octanol–water partition coefficient (Wildman–Crippen LogP) is 5.55. The van der Waals surface area contributed by atoms with Gasteiger partial charge in [-0.2, -0.15) is 0 Å². The van der Waals surface area contributed by atoms with Crippen LogP contribution < -0.4 is 11.1 Å².